The molecule has 0 unspecified atom stereocenters. The monoisotopic (exact) mass is 374 g/mol. The minimum absolute atomic E-state index is 0.0716. The first-order valence-electron chi connectivity index (χ1n) is 9.59. The van der Waals surface area contributed by atoms with Crippen LogP contribution in [0.4, 0.5) is 11.6 Å². The molecule has 3 rings (SSSR count). The SMILES string of the molecule is CCc1ccc(Nc2ncc(C(=O)N(Cc3ccccc3)C(C)C)cn2)cc1. The maximum Gasteiger partial charge on any atom is 0.257 e. The van der Waals surface area contributed by atoms with Gasteiger partial charge in [-0.15, -0.1) is 0 Å². The highest BCUT2D eigenvalue weighted by atomic mass is 16.2. The Morgan fingerprint density at radius 1 is 0.964 bits per heavy atom. The molecule has 0 saturated carbocycles. The lowest BCUT2D eigenvalue weighted by atomic mass is 10.1. The molecule has 0 saturated heterocycles. The molecule has 5 heteroatoms. The number of benzene rings is 2. The van der Waals surface area contributed by atoms with E-state index in [1.54, 1.807) is 12.4 Å². The second-order valence-electron chi connectivity index (χ2n) is 6.98. The van der Waals surface area contributed by atoms with Gasteiger partial charge < -0.3 is 10.2 Å². The van der Waals surface area contributed by atoms with Crippen molar-refractivity contribution < 1.29 is 4.79 Å². The molecule has 0 bridgehead atoms. The van der Waals surface area contributed by atoms with E-state index in [2.05, 4.69) is 34.3 Å². The molecule has 1 aromatic heterocycles. The number of aromatic nitrogens is 2. The van der Waals surface area contributed by atoms with Crippen LogP contribution in [-0.4, -0.2) is 26.8 Å². The van der Waals surface area contributed by atoms with Crippen LogP contribution in [0, 0.1) is 0 Å². The number of hydrogen-bond donors (Lipinski definition) is 1. The predicted molar refractivity (Wildman–Crippen MR) is 113 cm³/mol. The Morgan fingerprint density at radius 2 is 1.61 bits per heavy atom. The van der Waals surface area contributed by atoms with Crippen molar-refractivity contribution in [2.45, 2.75) is 39.8 Å². The molecule has 0 radical (unpaired) electrons. The van der Waals surface area contributed by atoms with Crippen molar-refractivity contribution in [2.75, 3.05) is 5.32 Å². The van der Waals surface area contributed by atoms with Gasteiger partial charge in [-0.2, -0.15) is 0 Å². The van der Waals surface area contributed by atoms with Crippen LogP contribution in [-0.2, 0) is 13.0 Å². The standard InChI is InChI=1S/C23H26N4O/c1-4-18-10-12-21(13-11-18)26-23-24-14-20(15-25-23)22(28)27(17(2)3)16-19-8-6-5-7-9-19/h5-15,17H,4,16H2,1-3H3,(H,24,25,26). The summed E-state index contributed by atoms with van der Waals surface area (Å²) < 4.78 is 0. The maximum atomic E-state index is 13.0. The van der Waals surface area contributed by atoms with Gasteiger partial charge in [0.15, 0.2) is 0 Å². The van der Waals surface area contributed by atoms with E-state index < -0.39 is 0 Å². The summed E-state index contributed by atoms with van der Waals surface area (Å²) in [6, 6.07) is 18.2. The topological polar surface area (TPSA) is 58.1 Å². The molecule has 1 N–H and O–H groups in total. The third-order valence-corrected chi connectivity index (χ3v) is 4.60. The highest BCUT2D eigenvalue weighted by molar-refractivity contribution is 5.93. The van der Waals surface area contributed by atoms with E-state index in [1.807, 2.05) is 61.2 Å². The largest absolute Gasteiger partial charge is 0.332 e. The molecular weight excluding hydrogens is 348 g/mol. The molecule has 0 spiro atoms. The Labute approximate surface area is 166 Å². The molecule has 0 atom stereocenters. The third-order valence-electron chi connectivity index (χ3n) is 4.60. The zero-order chi connectivity index (χ0) is 19.9. The first-order chi connectivity index (χ1) is 13.6. The minimum atomic E-state index is -0.0716. The fourth-order valence-electron chi connectivity index (χ4n) is 2.89. The lowest BCUT2D eigenvalue weighted by molar-refractivity contribution is 0.0689. The molecule has 28 heavy (non-hydrogen) atoms. The quantitative estimate of drug-likeness (QED) is 0.643. The summed E-state index contributed by atoms with van der Waals surface area (Å²) in [6.45, 7) is 6.70. The fraction of sp³-hybridized carbons (Fsp3) is 0.261. The number of carbonyl (C=O) groups excluding carboxylic acids is 1. The molecule has 1 amide bonds. The molecule has 1 heterocycles. The van der Waals surface area contributed by atoms with E-state index in [9.17, 15) is 4.79 Å². The summed E-state index contributed by atoms with van der Waals surface area (Å²) in [4.78, 5) is 23.4. The summed E-state index contributed by atoms with van der Waals surface area (Å²) >= 11 is 0. The molecule has 0 aliphatic rings. The van der Waals surface area contributed by atoms with Gasteiger partial charge in [-0.25, -0.2) is 9.97 Å². The van der Waals surface area contributed by atoms with Crippen LogP contribution in [0.5, 0.6) is 0 Å². The fourth-order valence-corrected chi connectivity index (χ4v) is 2.89. The summed E-state index contributed by atoms with van der Waals surface area (Å²) in [5, 5.41) is 3.17. The Morgan fingerprint density at radius 3 is 2.18 bits per heavy atom. The van der Waals surface area contributed by atoms with E-state index >= 15 is 0 Å². The lowest BCUT2D eigenvalue weighted by Crippen LogP contribution is -2.36. The molecule has 0 aliphatic heterocycles. The number of hydrogen-bond acceptors (Lipinski definition) is 4. The zero-order valence-corrected chi connectivity index (χ0v) is 16.6. The highest BCUT2D eigenvalue weighted by Crippen LogP contribution is 2.16. The summed E-state index contributed by atoms with van der Waals surface area (Å²) in [7, 11) is 0. The van der Waals surface area contributed by atoms with Crippen LogP contribution < -0.4 is 5.32 Å². The van der Waals surface area contributed by atoms with Crippen molar-refractivity contribution in [1.82, 2.24) is 14.9 Å². The van der Waals surface area contributed by atoms with Crippen molar-refractivity contribution in [2.24, 2.45) is 0 Å². The van der Waals surface area contributed by atoms with Crippen LogP contribution in [0.15, 0.2) is 67.0 Å². The van der Waals surface area contributed by atoms with Gasteiger partial charge in [0.25, 0.3) is 5.91 Å². The summed E-state index contributed by atoms with van der Waals surface area (Å²) in [5.41, 5.74) is 3.78. The average molecular weight is 374 g/mol. The van der Waals surface area contributed by atoms with Crippen LogP contribution in [0.1, 0.15) is 42.3 Å². The smallest absolute Gasteiger partial charge is 0.257 e. The molecule has 5 nitrogen and oxygen atoms in total. The lowest BCUT2D eigenvalue weighted by Gasteiger charge is -2.26. The van der Waals surface area contributed by atoms with Gasteiger partial charge in [-0.3, -0.25) is 4.79 Å². The van der Waals surface area contributed by atoms with E-state index in [0.29, 0.717) is 18.1 Å². The maximum absolute atomic E-state index is 13.0. The Kier molecular flexibility index (Phi) is 6.37. The van der Waals surface area contributed by atoms with Gasteiger partial charge in [0.05, 0.1) is 5.56 Å². The first kappa shape index (κ1) is 19.5. The highest BCUT2D eigenvalue weighted by Gasteiger charge is 2.20. The number of carbonyl (C=O) groups is 1. The van der Waals surface area contributed by atoms with Gasteiger partial charge in [-0.05, 0) is 43.5 Å². The van der Waals surface area contributed by atoms with Gasteiger partial charge in [0, 0.05) is 30.7 Å². The minimum Gasteiger partial charge on any atom is -0.332 e. The first-order valence-corrected chi connectivity index (χ1v) is 9.59. The van der Waals surface area contributed by atoms with Crippen LogP contribution in [0.3, 0.4) is 0 Å². The van der Waals surface area contributed by atoms with E-state index in [4.69, 9.17) is 0 Å². The number of nitrogens with zero attached hydrogens (tertiary/aromatic N) is 3. The van der Waals surface area contributed by atoms with Gasteiger partial charge in [0.2, 0.25) is 5.95 Å². The summed E-state index contributed by atoms with van der Waals surface area (Å²) in [6.07, 6.45) is 4.17. The Bertz CT molecular complexity index is 890. The zero-order valence-electron chi connectivity index (χ0n) is 16.6. The van der Waals surface area contributed by atoms with Crippen LogP contribution in [0.2, 0.25) is 0 Å². The number of rotatable bonds is 7. The molecule has 3 aromatic rings. The van der Waals surface area contributed by atoms with Gasteiger partial charge in [-0.1, -0.05) is 49.4 Å². The van der Waals surface area contributed by atoms with Crippen molar-refractivity contribution in [3.05, 3.63) is 83.7 Å². The molecule has 2 aromatic carbocycles. The molecule has 0 fully saturated rings. The van der Waals surface area contributed by atoms with Crippen molar-refractivity contribution >= 4 is 17.5 Å². The Hall–Kier alpha value is -3.21. The van der Waals surface area contributed by atoms with E-state index in [1.165, 1.54) is 5.56 Å². The van der Waals surface area contributed by atoms with Crippen LogP contribution in [0.25, 0.3) is 0 Å². The van der Waals surface area contributed by atoms with E-state index in [0.717, 1.165) is 17.7 Å². The molecular formula is C23H26N4O. The van der Waals surface area contributed by atoms with Crippen LogP contribution >= 0.6 is 0 Å². The summed E-state index contributed by atoms with van der Waals surface area (Å²) in [5.74, 6) is 0.401. The number of anilines is 2. The second-order valence-corrected chi connectivity index (χ2v) is 6.98. The molecule has 144 valence electrons. The normalized spacial score (nSPS) is 10.7. The number of amides is 1. The van der Waals surface area contributed by atoms with Gasteiger partial charge in [0.1, 0.15) is 0 Å². The van der Waals surface area contributed by atoms with Crippen molar-refractivity contribution in [3.63, 3.8) is 0 Å². The van der Waals surface area contributed by atoms with Gasteiger partial charge >= 0.3 is 0 Å². The molecule has 0 aliphatic carbocycles. The Balaban J connectivity index is 1.70. The van der Waals surface area contributed by atoms with E-state index in [-0.39, 0.29) is 11.9 Å². The number of aryl methyl sites for hydroxylation is 1. The average Bonchev–Trinajstić information content (AvgIpc) is 2.73. The predicted octanol–water partition coefficient (Wildman–Crippen LogP) is 4.83. The van der Waals surface area contributed by atoms with Crippen molar-refractivity contribution in [3.8, 4) is 0 Å². The number of nitrogens with one attached hydrogen (secondary N) is 1. The van der Waals surface area contributed by atoms with Crippen molar-refractivity contribution in [1.29, 1.82) is 0 Å². The third kappa shape index (κ3) is 4.94. The second kappa shape index (κ2) is 9.13.